The number of aromatic nitrogens is 1. The first kappa shape index (κ1) is 41.2. The van der Waals surface area contributed by atoms with Crippen molar-refractivity contribution in [2.75, 3.05) is 4.90 Å². The minimum Gasteiger partial charge on any atom is -0.334 e. The highest BCUT2D eigenvalue weighted by Crippen LogP contribution is 2.46. The lowest BCUT2D eigenvalue weighted by atomic mass is 9.84. The van der Waals surface area contributed by atoms with Crippen LogP contribution in [0.25, 0.3) is 101 Å². The van der Waals surface area contributed by atoms with Crippen molar-refractivity contribution < 1.29 is 0 Å². The van der Waals surface area contributed by atoms with Crippen molar-refractivity contribution in [1.82, 2.24) is 4.57 Å². The molecule has 12 aromatic rings. The lowest BCUT2D eigenvalue weighted by Crippen LogP contribution is -2.33. The molecule has 0 aliphatic heterocycles. The van der Waals surface area contributed by atoms with Crippen molar-refractivity contribution in [2.24, 2.45) is 0 Å². The fourth-order valence-electron chi connectivity index (χ4n) is 11.0. The number of hydrogen-bond acceptors (Lipinski definition) is 1. The summed E-state index contributed by atoms with van der Waals surface area (Å²) in [7, 11) is 0. The van der Waals surface area contributed by atoms with Crippen molar-refractivity contribution in [3.63, 3.8) is 0 Å². The molecule has 2 heteroatoms. The maximum Gasteiger partial charge on any atom is 0.0580 e. The summed E-state index contributed by atoms with van der Waals surface area (Å²) in [4.78, 5) is 2.47. The van der Waals surface area contributed by atoms with Gasteiger partial charge in [-0.15, -0.1) is 0 Å². The van der Waals surface area contributed by atoms with Crippen LogP contribution in [-0.4, -0.2) is 10.6 Å². The molecular formula is C68H48N2. The molecule has 0 spiro atoms. The second-order valence-corrected chi connectivity index (χ2v) is 18.4. The van der Waals surface area contributed by atoms with Gasteiger partial charge in [-0.1, -0.05) is 212 Å². The molecule has 330 valence electrons. The first-order chi connectivity index (χ1) is 34.7. The van der Waals surface area contributed by atoms with Crippen LogP contribution in [0.15, 0.2) is 255 Å². The van der Waals surface area contributed by atoms with E-state index in [2.05, 4.69) is 282 Å². The van der Waals surface area contributed by atoms with Gasteiger partial charge in [0.25, 0.3) is 0 Å². The summed E-state index contributed by atoms with van der Waals surface area (Å²) in [6.45, 7) is 0. The Labute approximate surface area is 409 Å². The normalized spacial score (nSPS) is 13.4. The molecule has 0 radical (unpaired) electrons. The number of para-hydroxylation sites is 3. The van der Waals surface area contributed by atoms with Crippen LogP contribution in [0.5, 0.6) is 0 Å². The zero-order chi connectivity index (χ0) is 46.4. The number of nitrogens with zero attached hydrogens (tertiary/aromatic N) is 2. The zero-order valence-electron chi connectivity index (χ0n) is 38.7. The zero-order valence-corrected chi connectivity index (χ0v) is 38.7. The van der Waals surface area contributed by atoms with E-state index in [-0.39, 0.29) is 6.04 Å². The molecule has 0 N–H and O–H groups in total. The van der Waals surface area contributed by atoms with Gasteiger partial charge >= 0.3 is 0 Å². The summed E-state index contributed by atoms with van der Waals surface area (Å²) in [5.41, 5.74) is 17.2. The van der Waals surface area contributed by atoms with Gasteiger partial charge in [0.05, 0.1) is 11.6 Å². The van der Waals surface area contributed by atoms with Crippen LogP contribution in [0, 0.1) is 0 Å². The molecule has 1 aliphatic rings. The molecule has 11 aromatic carbocycles. The molecule has 0 saturated heterocycles. The Hall–Kier alpha value is -8.98. The Kier molecular flexibility index (Phi) is 10.4. The van der Waals surface area contributed by atoms with Crippen molar-refractivity contribution in [2.45, 2.75) is 12.5 Å². The third kappa shape index (κ3) is 7.39. The minimum absolute atomic E-state index is 0.141. The summed E-state index contributed by atoms with van der Waals surface area (Å²) in [5.74, 6) is 0. The van der Waals surface area contributed by atoms with Crippen LogP contribution in [-0.2, 0) is 6.42 Å². The van der Waals surface area contributed by atoms with E-state index in [9.17, 15) is 0 Å². The van der Waals surface area contributed by atoms with Crippen molar-refractivity contribution in [1.29, 1.82) is 0 Å². The molecule has 13 rings (SSSR count). The van der Waals surface area contributed by atoms with Gasteiger partial charge in [-0.25, -0.2) is 0 Å². The quantitative estimate of drug-likeness (QED) is 0.104. The summed E-state index contributed by atoms with van der Waals surface area (Å²) in [6, 6.07) is 90.8. The second-order valence-electron chi connectivity index (χ2n) is 18.4. The van der Waals surface area contributed by atoms with Gasteiger partial charge < -0.3 is 9.47 Å². The van der Waals surface area contributed by atoms with Crippen LogP contribution in [0.1, 0.15) is 22.4 Å². The number of fused-ring (bicyclic) bond motifs is 7. The Morgan fingerprint density at radius 2 is 0.886 bits per heavy atom. The van der Waals surface area contributed by atoms with E-state index in [0.717, 1.165) is 6.42 Å². The van der Waals surface area contributed by atoms with E-state index in [1.54, 1.807) is 0 Å². The average Bonchev–Trinajstić information content (AvgIpc) is 3.76. The summed E-state index contributed by atoms with van der Waals surface area (Å²) in [6.07, 6.45) is 10.1. The third-order valence-corrected chi connectivity index (χ3v) is 14.3. The highest BCUT2D eigenvalue weighted by molar-refractivity contribution is 6.22. The molecule has 0 bridgehead atoms. The minimum atomic E-state index is 0.141. The largest absolute Gasteiger partial charge is 0.334 e. The summed E-state index contributed by atoms with van der Waals surface area (Å²) >= 11 is 0. The molecule has 1 aromatic heterocycles. The molecule has 1 heterocycles. The number of benzene rings is 11. The summed E-state index contributed by atoms with van der Waals surface area (Å²) in [5, 5.41) is 8.77. The molecule has 0 amide bonds. The number of hydrogen-bond donors (Lipinski definition) is 0. The second kappa shape index (κ2) is 17.6. The lowest BCUT2D eigenvalue weighted by Gasteiger charge is -2.34. The fourth-order valence-corrected chi connectivity index (χ4v) is 11.0. The van der Waals surface area contributed by atoms with Gasteiger partial charge in [0.1, 0.15) is 0 Å². The predicted octanol–water partition coefficient (Wildman–Crippen LogP) is 18.0. The highest BCUT2D eigenvalue weighted by atomic mass is 15.2. The molecule has 1 atom stereocenters. The summed E-state index contributed by atoms with van der Waals surface area (Å²) < 4.78 is 2.49. The Morgan fingerprint density at radius 1 is 0.386 bits per heavy atom. The van der Waals surface area contributed by atoms with Crippen LogP contribution in [0.4, 0.5) is 11.4 Å². The monoisotopic (exact) mass is 892 g/mol. The molecular weight excluding hydrogens is 845 g/mol. The maximum atomic E-state index is 2.49. The van der Waals surface area contributed by atoms with Gasteiger partial charge in [0.2, 0.25) is 0 Å². The van der Waals surface area contributed by atoms with Gasteiger partial charge in [-0.2, -0.15) is 0 Å². The highest BCUT2D eigenvalue weighted by Gasteiger charge is 2.28. The molecule has 0 fully saturated rings. The van der Waals surface area contributed by atoms with Crippen LogP contribution >= 0.6 is 0 Å². The van der Waals surface area contributed by atoms with E-state index < -0.39 is 0 Å². The Bertz CT molecular complexity index is 3900. The van der Waals surface area contributed by atoms with E-state index >= 15 is 0 Å². The smallest absolute Gasteiger partial charge is 0.0580 e. The van der Waals surface area contributed by atoms with E-state index in [0.29, 0.717) is 0 Å². The fraction of sp³-hybridized carbons (Fsp3) is 0.0294. The van der Waals surface area contributed by atoms with Gasteiger partial charge in [-0.05, 0) is 137 Å². The van der Waals surface area contributed by atoms with Crippen LogP contribution in [0.2, 0.25) is 0 Å². The Morgan fingerprint density at radius 3 is 1.56 bits per heavy atom. The van der Waals surface area contributed by atoms with Crippen molar-refractivity contribution >= 4 is 72.8 Å². The SMILES string of the molecule is C1=CC(N(c2ccccc2)c2ccccc2)Cc2c1c1ccc(/C=C/c3ccc4cc(-c5ccc6c(-c7ccccc7)c(-c7ccccc7)c7ccccc7c6c5)ccc4c3)cc1n2-c1ccccc1. The maximum absolute atomic E-state index is 2.49. The molecule has 70 heavy (non-hydrogen) atoms. The van der Waals surface area contributed by atoms with E-state index in [1.165, 1.54) is 116 Å². The predicted molar refractivity (Wildman–Crippen MR) is 299 cm³/mol. The van der Waals surface area contributed by atoms with Crippen molar-refractivity contribution in [3.05, 3.63) is 277 Å². The van der Waals surface area contributed by atoms with Crippen LogP contribution < -0.4 is 4.90 Å². The standard InChI is InChI=1S/C68H48N2/c1-6-18-49(19-7-1)67-62-29-17-16-28-59(62)64-45-54(37-40-63(64)68(67)50-20-8-2-9-21-50)53-36-35-51-42-47(32-34-52(51)44-53)30-31-48-33-39-60-61-41-38-58(46-66(61)70(65(60)43-48)57-26-14-5-15-27-57)69(55-22-10-3-11-23-55)56-24-12-4-13-25-56/h1-45,58H,46H2/b31-30+. The van der Waals surface area contributed by atoms with Gasteiger partial charge in [-0.3, -0.25) is 0 Å². The van der Waals surface area contributed by atoms with E-state index in [4.69, 9.17) is 0 Å². The lowest BCUT2D eigenvalue weighted by molar-refractivity contribution is 0.738. The first-order valence-corrected chi connectivity index (χ1v) is 24.3. The molecule has 1 aliphatic carbocycles. The number of rotatable bonds is 9. The molecule has 2 nitrogen and oxygen atoms in total. The number of anilines is 2. The van der Waals surface area contributed by atoms with Gasteiger partial charge in [0, 0.05) is 40.1 Å². The van der Waals surface area contributed by atoms with Crippen LogP contribution in [0.3, 0.4) is 0 Å². The topological polar surface area (TPSA) is 8.17 Å². The van der Waals surface area contributed by atoms with E-state index in [1.807, 2.05) is 0 Å². The third-order valence-electron chi connectivity index (χ3n) is 14.3. The average molecular weight is 893 g/mol. The molecule has 1 unspecified atom stereocenters. The molecule has 0 saturated carbocycles. The Balaban J connectivity index is 0.833. The first-order valence-electron chi connectivity index (χ1n) is 24.3. The van der Waals surface area contributed by atoms with Gasteiger partial charge in [0.15, 0.2) is 0 Å². The van der Waals surface area contributed by atoms with Crippen molar-refractivity contribution in [3.8, 4) is 39.1 Å².